The normalized spacial score (nSPS) is 10.2. The number of hydrogen-bond donors (Lipinski definition) is 2. The number of methoxy groups -OCH3 is 1. The summed E-state index contributed by atoms with van der Waals surface area (Å²) in [6.45, 7) is 7.47. The Morgan fingerprint density at radius 2 is 1.85 bits per heavy atom. The zero-order valence-electron chi connectivity index (χ0n) is 12.6. The first-order valence-electron chi connectivity index (χ1n) is 7.10. The molecule has 2 N–H and O–H groups in total. The van der Waals surface area contributed by atoms with E-state index in [1.807, 2.05) is 24.3 Å². The molecule has 0 fully saturated rings. The first kappa shape index (κ1) is 16.3. The summed E-state index contributed by atoms with van der Waals surface area (Å²) in [5.74, 6) is 0. The van der Waals surface area contributed by atoms with Gasteiger partial charge >= 0.3 is 6.03 Å². The first-order valence-corrected chi connectivity index (χ1v) is 7.10. The third-order valence-electron chi connectivity index (χ3n) is 3.06. The van der Waals surface area contributed by atoms with Crippen LogP contribution in [-0.4, -0.2) is 39.4 Å². The molecule has 5 nitrogen and oxygen atoms in total. The number of rotatable bonds is 8. The van der Waals surface area contributed by atoms with Crippen molar-refractivity contribution in [2.45, 2.75) is 20.3 Å². The lowest BCUT2D eigenvalue weighted by Gasteiger charge is -2.21. The van der Waals surface area contributed by atoms with Gasteiger partial charge in [-0.05, 0) is 44.5 Å². The second-order valence-corrected chi connectivity index (χ2v) is 4.45. The molecule has 1 rings (SSSR count). The molecule has 0 bridgehead atoms. The van der Waals surface area contributed by atoms with Gasteiger partial charge in [-0.3, -0.25) is 0 Å². The van der Waals surface area contributed by atoms with Crippen LogP contribution in [0.15, 0.2) is 24.3 Å². The standard InChI is InChI=1S/C15H25N3O2/c1-4-18(5-2)14-9-7-13(8-10-14)17-15(19)16-11-6-12-20-3/h7-10H,4-6,11-12H2,1-3H3,(H2,16,17,19). The Balaban J connectivity index is 2.42. The fourth-order valence-electron chi connectivity index (χ4n) is 1.94. The fourth-order valence-corrected chi connectivity index (χ4v) is 1.94. The zero-order valence-corrected chi connectivity index (χ0v) is 12.6. The number of amides is 2. The predicted molar refractivity (Wildman–Crippen MR) is 83.5 cm³/mol. The van der Waals surface area contributed by atoms with Gasteiger partial charge in [0.2, 0.25) is 0 Å². The average Bonchev–Trinajstić information content (AvgIpc) is 2.47. The molecule has 0 atom stereocenters. The third-order valence-corrected chi connectivity index (χ3v) is 3.06. The Bertz CT molecular complexity index is 389. The molecule has 20 heavy (non-hydrogen) atoms. The van der Waals surface area contributed by atoms with Crippen LogP contribution in [0.3, 0.4) is 0 Å². The maximum Gasteiger partial charge on any atom is 0.319 e. The molecule has 0 aliphatic carbocycles. The number of benzene rings is 1. The van der Waals surface area contributed by atoms with E-state index < -0.39 is 0 Å². The van der Waals surface area contributed by atoms with E-state index in [-0.39, 0.29) is 6.03 Å². The van der Waals surface area contributed by atoms with E-state index in [1.54, 1.807) is 7.11 Å². The van der Waals surface area contributed by atoms with Crippen LogP contribution in [0.25, 0.3) is 0 Å². The smallest absolute Gasteiger partial charge is 0.319 e. The molecule has 112 valence electrons. The van der Waals surface area contributed by atoms with Crippen LogP contribution in [0.5, 0.6) is 0 Å². The number of ether oxygens (including phenoxy) is 1. The first-order chi connectivity index (χ1) is 9.71. The molecule has 1 aromatic carbocycles. The van der Waals surface area contributed by atoms with Crippen molar-refractivity contribution in [3.63, 3.8) is 0 Å². The molecule has 0 radical (unpaired) electrons. The van der Waals surface area contributed by atoms with Gasteiger partial charge in [0.05, 0.1) is 0 Å². The summed E-state index contributed by atoms with van der Waals surface area (Å²) in [6, 6.07) is 7.70. The van der Waals surface area contributed by atoms with E-state index in [0.717, 1.165) is 25.2 Å². The monoisotopic (exact) mass is 279 g/mol. The van der Waals surface area contributed by atoms with Gasteiger partial charge in [-0.15, -0.1) is 0 Å². The minimum absolute atomic E-state index is 0.184. The highest BCUT2D eigenvalue weighted by molar-refractivity contribution is 5.89. The van der Waals surface area contributed by atoms with Crippen LogP contribution in [0.2, 0.25) is 0 Å². The topological polar surface area (TPSA) is 53.6 Å². The highest BCUT2D eigenvalue weighted by Crippen LogP contribution is 2.17. The van der Waals surface area contributed by atoms with Crippen molar-refractivity contribution in [3.05, 3.63) is 24.3 Å². The molecule has 0 aliphatic rings. The zero-order chi connectivity index (χ0) is 14.8. The van der Waals surface area contributed by atoms with E-state index >= 15 is 0 Å². The molecule has 0 saturated carbocycles. The Kier molecular flexibility index (Phi) is 7.50. The van der Waals surface area contributed by atoms with Crippen molar-refractivity contribution in [1.29, 1.82) is 0 Å². The van der Waals surface area contributed by atoms with E-state index in [0.29, 0.717) is 13.2 Å². The van der Waals surface area contributed by atoms with Gasteiger partial charge in [0.1, 0.15) is 0 Å². The lowest BCUT2D eigenvalue weighted by molar-refractivity contribution is 0.194. The van der Waals surface area contributed by atoms with Crippen LogP contribution in [0, 0.1) is 0 Å². The Hall–Kier alpha value is -1.75. The molecule has 0 saturated heterocycles. The molecular weight excluding hydrogens is 254 g/mol. The quantitative estimate of drug-likeness (QED) is 0.719. The van der Waals surface area contributed by atoms with Crippen LogP contribution in [-0.2, 0) is 4.74 Å². The lowest BCUT2D eigenvalue weighted by atomic mass is 10.2. The number of nitrogens with zero attached hydrogens (tertiary/aromatic N) is 1. The number of nitrogens with one attached hydrogen (secondary N) is 2. The Labute approximate surface area is 121 Å². The summed E-state index contributed by atoms with van der Waals surface area (Å²) in [5.41, 5.74) is 1.96. The van der Waals surface area contributed by atoms with Gasteiger partial charge in [-0.1, -0.05) is 0 Å². The van der Waals surface area contributed by atoms with E-state index in [1.165, 1.54) is 5.69 Å². The van der Waals surface area contributed by atoms with Crippen LogP contribution in [0.1, 0.15) is 20.3 Å². The lowest BCUT2D eigenvalue weighted by Crippen LogP contribution is -2.30. The SMILES string of the molecule is CCN(CC)c1ccc(NC(=O)NCCCOC)cc1. The van der Waals surface area contributed by atoms with Crippen LogP contribution < -0.4 is 15.5 Å². The van der Waals surface area contributed by atoms with E-state index in [4.69, 9.17) is 4.74 Å². The van der Waals surface area contributed by atoms with Gasteiger partial charge in [-0.2, -0.15) is 0 Å². The van der Waals surface area contributed by atoms with E-state index in [2.05, 4.69) is 29.4 Å². The minimum Gasteiger partial charge on any atom is -0.385 e. The van der Waals surface area contributed by atoms with Crippen LogP contribution >= 0.6 is 0 Å². The summed E-state index contributed by atoms with van der Waals surface area (Å²) < 4.78 is 4.92. The number of carbonyl (C=O) groups is 1. The molecule has 0 unspecified atom stereocenters. The molecule has 2 amide bonds. The third kappa shape index (κ3) is 5.48. The predicted octanol–water partition coefficient (Wildman–Crippen LogP) is 2.69. The van der Waals surface area contributed by atoms with Crippen molar-refractivity contribution >= 4 is 17.4 Å². The van der Waals surface area contributed by atoms with Gasteiger partial charge in [-0.25, -0.2) is 4.79 Å². The maximum atomic E-state index is 11.6. The van der Waals surface area contributed by atoms with Crippen molar-refractivity contribution < 1.29 is 9.53 Å². The van der Waals surface area contributed by atoms with Gasteiger partial charge in [0.15, 0.2) is 0 Å². The number of urea groups is 1. The highest BCUT2D eigenvalue weighted by Gasteiger charge is 2.03. The summed E-state index contributed by atoms with van der Waals surface area (Å²) in [6.07, 6.45) is 0.810. The van der Waals surface area contributed by atoms with Crippen LogP contribution in [0.4, 0.5) is 16.2 Å². The van der Waals surface area contributed by atoms with Gasteiger partial charge in [0.25, 0.3) is 0 Å². The highest BCUT2D eigenvalue weighted by atomic mass is 16.5. The second-order valence-electron chi connectivity index (χ2n) is 4.45. The summed E-state index contributed by atoms with van der Waals surface area (Å²) in [5, 5.41) is 5.60. The number of anilines is 2. The van der Waals surface area contributed by atoms with Gasteiger partial charge < -0.3 is 20.3 Å². The number of carbonyl (C=O) groups excluding carboxylic acids is 1. The summed E-state index contributed by atoms with van der Waals surface area (Å²) >= 11 is 0. The summed E-state index contributed by atoms with van der Waals surface area (Å²) in [7, 11) is 1.65. The van der Waals surface area contributed by atoms with Crippen molar-refractivity contribution in [3.8, 4) is 0 Å². The van der Waals surface area contributed by atoms with E-state index in [9.17, 15) is 4.79 Å². The van der Waals surface area contributed by atoms with Crippen molar-refractivity contribution in [2.75, 3.05) is 43.6 Å². The fraction of sp³-hybridized carbons (Fsp3) is 0.533. The molecule has 5 heteroatoms. The molecule has 0 aromatic heterocycles. The molecule has 0 spiro atoms. The molecule has 1 aromatic rings. The summed E-state index contributed by atoms with van der Waals surface area (Å²) in [4.78, 5) is 13.9. The van der Waals surface area contributed by atoms with Crippen molar-refractivity contribution in [1.82, 2.24) is 5.32 Å². The second kappa shape index (κ2) is 9.20. The molecule has 0 aliphatic heterocycles. The Morgan fingerprint density at radius 1 is 1.20 bits per heavy atom. The molecular formula is C15H25N3O2. The van der Waals surface area contributed by atoms with Gasteiger partial charge in [0, 0.05) is 44.7 Å². The Morgan fingerprint density at radius 3 is 2.40 bits per heavy atom. The van der Waals surface area contributed by atoms with Crippen molar-refractivity contribution in [2.24, 2.45) is 0 Å². The largest absolute Gasteiger partial charge is 0.385 e. The minimum atomic E-state index is -0.184. The average molecular weight is 279 g/mol. The number of hydrogen-bond acceptors (Lipinski definition) is 3. The molecule has 0 heterocycles. The maximum absolute atomic E-state index is 11.6.